The molecule has 4 nitrogen and oxygen atoms in total. The summed E-state index contributed by atoms with van der Waals surface area (Å²) in [4.78, 5) is 35.0. The molecular formula is C25H14N2O2S. The standard InChI is InChI=1S/C25H14N2O2S/c28-23-16-8-3-2-7-15(16)21(24(23)29)17-9-5-11-20-22(17)27-25(30-20)19-13-12-14-6-1-4-10-18(14)26-19/h1-13,21H. The van der Waals surface area contributed by atoms with E-state index in [1.165, 1.54) is 0 Å². The van der Waals surface area contributed by atoms with Crippen LogP contribution in [0.2, 0.25) is 0 Å². The van der Waals surface area contributed by atoms with Gasteiger partial charge in [-0.15, -0.1) is 11.3 Å². The van der Waals surface area contributed by atoms with Crippen LogP contribution in [0.5, 0.6) is 0 Å². The van der Waals surface area contributed by atoms with E-state index < -0.39 is 11.7 Å². The van der Waals surface area contributed by atoms with Crippen molar-refractivity contribution < 1.29 is 9.59 Å². The zero-order chi connectivity index (χ0) is 20.2. The van der Waals surface area contributed by atoms with Gasteiger partial charge in [0, 0.05) is 10.9 Å². The van der Waals surface area contributed by atoms with E-state index in [0.717, 1.165) is 42.9 Å². The first kappa shape index (κ1) is 17.2. The van der Waals surface area contributed by atoms with Crippen molar-refractivity contribution >= 4 is 44.0 Å². The van der Waals surface area contributed by atoms with Crippen molar-refractivity contribution in [2.45, 2.75) is 5.92 Å². The van der Waals surface area contributed by atoms with Crippen LogP contribution in [0.15, 0.2) is 78.9 Å². The lowest BCUT2D eigenvalue weighted by Crippen LogP contribution is -2.13. The number of carbonyl (C=O) groups is 2. The Bertz CT molecular complexity index is 1500. The van der Waals surface area contributed by atoms with E-state index in [0.29, 0.717) is 5.56 Å². The predicted molar refractivity (Wildman–Crippen MR) is 118 cm³/mol. The first-order valence-corrected chi connectivity index (χ1v) is 10.5. The van der Waals surface area contributed by atoms with Crippen molar-refractivity contribution in [3.05, 3.63) is 95.6 Å². The van der Waals surface area contributed by atoms with Crippen LogP contribution in [0.25, 0.3) is 31.8 Å². The summed E-state index contributed by atoms with van der Waals surface area (Å²) < 4.78 is 0.974. The first-order chi connectivity index (χ1) is 14.7. The zero-order valence-corrected chi connectivity index (χ0v) is 16.5. The van der Waals surface area contributed by atoms with Gasteiger partial charge in [-0.3, -0.25) is 9.59 Å². The summed E-state index contributed by atoms with van der Waals surface area (Å²) in [6.45, 7) is 0. The molecule has 3 aromatic carbocycles. The fourth-order valence-electron chi connectivity index (χ4n) is 4.17. The molecule has 30 heavy (non-hydrogen) atoms. The molecule has 142 valence electrons. The molecule has 5 heteroatoms. The highest BCUT2D eigenvalue weighted by Crippen LogP contribution is 2.40. The number of benzene rings is 3. The van der Waals surface area contributed by atoms with Crippen molar-refractivity contribution in [3.8, 4) is 10.7 Å². The minimum Gasteiger partial charge on any atom is -0.289 e. The van der Waals surface area contributed by atoms with Gasteiger partial charge in [-0.1, -0.05) is 60.7 Å². The molecule has 0 saturated heterocycles. The van der Waals surface area contributed by atoms with Crippen LogP contribution in [-0.4, -0.2) is 21.5 Å². The molecule has 0 radical (unpaired) electrons. The van der Waals surface area contributed by atoms with Crippen LogP contribution < -0.4 is 0 Å². The van der Waals surface area contributed by atoms with E-state index in [-0.39, 0.29) is 5.78 Å². The highest BCUT2D eigenvalue weighted by atomic mass is 32.1. The van der Waals surface area contributed by atoms with Gasteiger partial charge < -0.3 is 0 Å². The smallest absolute Gasteiger partial charge is 0.229 e. The van der Waals surface area contributed by atoms with Crippen molar-refractivity contribution in [2.24, 2.45) is 0 Å². The molecule has 1 unspecified atom stereocenters. The minimum atomic E-state index is -0.600. The highest BCUT2D eigenvalue weighted by Gasteiger charge is 2.40. The summed E-state index contributed by atoms with van der Waals surface area (Å²) in [7, 11) is 0. The molecule has 0 bridgehead atoms. The molecule has 1 atom stereocenters. The van der Waals surface area contributed by atoms with Gasteiger partial charge in [0.25, 0.3) is 0 Å². The molecule has 0 spiro atoms. The Labute approximate surface area is 175 Å². The van der Waals surface area contributed by atoms with E-state index in [4.69, 9.17) is 9.97 Å². The largest absolute Gasteiger partial charge is 0.289 e. The molecule has 5 aromatic rings. The minimum absolute atomic E-state index is 0.387. The van der Waals surface area contributed by atoms with Crippen LogP contribution in [0.3, 0.4) is 0 Å². The second kappa shape index (κ2) is 6.40. The summed E-state index contributed by atoms with van der Waals surface area (Å²) in [5, 5.41) is 1.88. The predicted octanol–water partition coefficient (Wildman–Crippen LogP) is 5.41. The van der Waals surface area contributed by atoms with E-state index in [1.807, 2.05) is 66.7 Å². The summed E-state index contributed by atoms with van der Waals surface area (Å²) in [5.41, 5.74) is 4.51. The van der Waals surface area contributed by atoms with Gasteiger partial charge in [-0.05, 0) is 29.3 Å². The first-order valence-electron chi connectivity index (χ1n) is 9.64. The molecular weight excluding hydrogens is 392 g/mol. The number of hydrogen-bond acceptors (Lipinski definition) is 5. The number of thiazole rings is 1. The molecule has 0 N–H and O–H groups in total. The van der Waals surface area contributed by atoms with Crippen molar-refractivity contribution in [2.75, 3.05) is 0 Å². The highest BCUT2D eigenvalue weighted by molar-refractivity contribution is 7.21. The van der Waals surface area contributed by atoms with Gasteiger partial charge in [0.2, 0.25) is 11.6 Å². The third-order valence-corrected chi connectivity index (χ3v) is 6.62. The van der Waals surface area contributed by atoms with E-state index in [1.54, 1.807) is 23.5 Å². The summed E-state index contributed by atoms with van der Waals surface area (Å²) in [5.74, 6) is -1.40. The maximum atomic E-state index is 12.8. The number of Topliss-reactive ketones (excluding diaryl/α,β-unsaturated/α-hetero) is 2. The average molecular weight is 406 g/mol. The van der Waals surface area contributed by atoms with Crippen LogP contribution in [0, 0.1) is 0 Å². The van der Waals surface area contributed by atoms with E-state index >= 15 is 0 Å². The van der Waals surface area contributed by atoms with Crippen molar-refractivity contribution in [1.29, 1.82) is 0 Å². The summed E-state index contributed by atoms with van der Waals surface area (Å²) >= 11 is 1.55. The third-order valence-electron chi connectivity index (χ3n) is 5.58. The lowest BCUT2D eigenvalue weighted by Gasteiger charge is -2.10. The second-order valence-electron chi connectivity index (χ2n) is 7.32. The van der Waals surface area contributed by atoms with Crippen LogP contribution >= 0.6 is 11.3 Å². The van der Waals surface area contributed by atoms with E-state index in [9.17, 15) is 9.59 Å². The number of fused-ring (bicyclic) bond motifs is 3. The molecule has 0 fully saturated rings. The number of ketones is 2. The lowest BCUT2D eigenvalue weighted by atomic mass is 9.91. The number of rotatable bonds is 2. The van der Waals surface area contributed by atoms with Gasteiger partial charge in [-0.2, -0.15) is 0 Å². The van der Waals surface area contributed by atoms with Gasteiger partial charge >= 0.3 is 0 Å². The topological polar surface area (TPSA) is 59.9 Å². The number of para-hydroxylation sites is 2. The molecule has 2 aromatic heterocycles. The Morgan fingerprint density at radius 1 is 0.733 bits per heavy atom. The van der Waals surface area contributed by atoms with Gasteiger partial charge in [0.15, 0.2) is 0 Å². The quantitative estimate of drug-likeness (QED) is 0.368. The Balaban J connectivity index is 1.53. The normalized spacial score (nSPS) is 15.8. The monoisotopic (exact) mass is 406 g/mol. The number of aromatic nitrogens is 2. The fraction of sp³-hybridized carbons (Fsp3) is 0.0400. The second-order valence-corrected chi connectivity index (χ2v) is 8.35. The van der Waals surface area contributed by atoms with Crippen LogP contribution in [0.1, 0.15) is 27.4 Å². The SMILES string of the molecule is O=C1C(=O)C(c2cccc3sc(-c4ccc5ccccc5n4)nc23)c2ccccc21. The molecule has 0 saturated carbocycles. The van der Waals surface area contributed by atoms with Crippen LogP contribution in [-0.2, 0) is 4.79 Å². The summed E-state index contributed by atoms with van der Waals surface area (Å²) in [6, 6.07) is 25.0. The molecule has 2 heterocycles. The van der Waals surface area contributed by atoms with Gasteiger partial charge in [0.05, 0.1) is 27.3 Å². The number of nitrogens with zero attached hydrogens (tertiary/aromatic N) is 2. The molecule has 1 aliphatic rings. The van der Waals surface area contributed by atoms with E-state index in [2.05, 4.69) is 0 Å². The average Bonchev–Trinajstić information content (AvgIpc) is 3.33. The van der Waals surface area contributed by atoms with Gasteiger partial charge in [-0.25, -0.2) is 9.97 Å². The molecule has 1 aliphatic carbocycles. The Morgan fingerprint density at radius 3 is 2.47 bits per heavy atom. The fourth-order valence-corrected chi connectivity index (χ4v) is 5.14. The Morgan fingerprint density at radius 2 is 1.53 bits per heavy atom. The lowest BCUT2D eigenvalue weighted by molar-refractivity contribution is -0.115. The summed E-state index contributed by atoms with van der Waals surface area (Å²) in [6.07, 6.45) is 0. The van der Waals surface area contributed by atoms with Crippen molar-refractivity contribution in [1.82, 2.24) is 9.97 Å². The number of hydrogen-bond donors (Lipinski definition) is 0. The third kappa shape index (κ3) is 2.46. The molecule has 0 aliphatic heterocycles. The Hall–Kier alpha value is -3.70. The Kier molecular flexibility index (Phi) is 3.67. The van der Waals surface area contributed by atoms with Crippen LogP contribution in [0.4, 0.5) is 0 Å². The van der Waals surface area contributed by atoms with Gasteiger partial charge in [0.1, 0.15) is 5.01 Å². The molecule has 6 rings (SSSR count). The zero-order valence-electron chi connectivity index (χ0n) is 15.7. The maximum absolute atomic E-state index is 12.8. The van der Waals surface area contributed by atoms with Crippen molar-refractivity contribution in [3.63, 3.8) is 0 Å². The number of pyridine rings is 1. The maximum Gasteiger partial charge on any atom is 0.229 e. The number of carbonyl (C=O) groups excluding carboxylic acids is 2. The molecule has 0 amide bonds.